The van der Waals surface area contributed by atoms with E-state index in [1.807, 2.05) is 11.3 Å². The number of hydrogen-bond donors (Lipinski definition) is 0. The van der Waals surface area contributed by atoms with Crippen LogP contribution in [-0.2, 0) is 6.42 Å². The minimum absolute atomic E-state index is 0.260. The maximum absolute atomic E-state index is 3.78. The van der Waals surface area contributed by atoms with Crippen molar-refractivity contribution in [3.8, 4) is 0 Å². The molecule has 0 bridgehead atoms. The van der Waals surface area contributed by atoms with E-state index in [4.69, 9.17) is 0 Å². The lowest BCUT2D eigenvalue weighted by molar-refractivity contribution is 1.19. The van der Waals surface area contributed by atoms with Crippen LogP contribution in [-0.4, -0.2) is 0 Å². The quantitative estimate of drug-likeness (QED) is 0.492. The van der Waals surface area contributed by atoms with Gasteiger partial charge in [0.05, 0.1) is 4.83 Å². The van der Waals surface area contributed by atoms with Crippen LogP contribution in [0.4, 0.5) is 0 Å². The Balaban J connectivity index is 2.33. The first kappa shape index (κ1) is 13.8. The van der Waals surface area contributed by atoms with E-state index < -0.39 is 0 Å². The first-order valence-electron chi connectivity index (χ1n) is 5.29. The van der Waals surface area contributed by atoms with Crippen LogP contribution in [0.25, 0.3) is 0 Å². The molecule has 0 saturated carbocycles. The second kappa shape index (κ2) is 6.00. The smallest absolute Gasteiger partial charge is 0.0749 e. The maximum atomic E-state index is 3.78. The van der Waals surface area contributed by atoms with Gasteiger partial charge in [0, 0.05) is 18.7 Å². The van der Waals surface area contributed by atoms with E-state index in [0.29, 0.717) is 0 Å². The van der Waals surface area contributed by atoms with Gasteiger partial charge < -0.3 is 0 Å². The van der Waals surface area contributed by atoms with Crippen molar-refractivity contribution in [2.45, 2.75) is 18.2 Å². The fourth-order valence-electron chi connectivity index (χ4n) is 1.58. The average molecular weight is 439 g/mol. The van der Waals surface area contributed by atoms with Gasteiger partial charge >= 0.3 is 0 Å². The molecule has 1 aromatic heterocycles. The zero-order chi connectivity index (χ0) is 12.4. The summed E-state index contributed by atoms with van der Waals surface area (Å²) < 4.78 is 2.22. The molecule has 0 amide bonds. The SMILES string of the molecule is CCc1ccc(C(Br)c2ccc(Br)cc2Br)s1. The van der Waals surface area contributed by atoms with Crippen molar-refractivity contribution in [3.05, 3.63) is 54.6 Å². The van der Waals surface area contributed by atoms with Crippen molar-refractivity contribution >= 4 is 59.1 Å². The molecular formula is C13H11Br3S. The van der Waals surface area contributed by atoms with Crippen LogP contribution >= 0.6 is 59.1 Å². The lowest BCUT2D eigenvalue weighted by Crippen LogP contribution is -1.90. The third-order valence-electron chi connectivity index (χ3n) is 2.52. The molecule has 1 unspecified atom stereocenters. The van der Waals surface area contributed by atoms with Gasteiger partial charge in [-0.05, 0) is 36.2 Å². The Kier molecular flexibility index (Phi) is 4.87. The number of thiophene rings is 1. The highest BCUT2D eigenvalue weighted by Gasteiger charge is 2.15. The minimum atomic E-state index is 0.260. The van der Waals surface area contributed by atoms with Gasteiger partial charge in [-0.1, -0.05) is 60.8 Å². The minimum Gasteiger partial charge on any atom is -0.144 e. The van der Waals surface area contributed by atoms with Crippen molar-refractivity contribution in [1.29, 1.82) is 0 Å². The number of alkyl halides is 1. The van der Waals surface area contributed by atoms with Crippen LogP contribution in [0.1, 0.15) is 27.1 Å². The Labute approximate surface area is 131 Å². The van der Waals surface area contributed by atoms with Crippen LogP contribution < -0.4 is 0 Å². The highest BCUT2D eigenvalue weighted by molar-refractivity contribution is 9.11. The van der Waals surface area contributed by atoms with Crippen molar-refractivity contribution in [3.63, 3.8) is 0 Å². The molecule has 1 atom stereocenters. The van der Waals surface area contributed by atoms with Gasteiger partial charge in [-0.25, -0.2) is 0 Å². The van der Waals surface area contributed by atoms with E-state index in [1.165, 1.54) is 15.3 Å². The molecule has 0 fully saturated rings. The standard InChI is InChI=1S/C13H11Br3S/c1-2-9-4-6-12(17-9)13(16)10-5-3-8(14)7-11(10)15/h3-7,13H,2H2,1H3. The maximum Gasteiger partial charge on any atom is 0.0749 e. The number of aryl methyl sites for hydroxylation is 1. The summed E-state index contributed by atoms with van der Waals surface area (Å²) >= 11 is 12.7. The summed E-state index contributed by atoms with van der Waals surface area (Å²) in [5.41, 5.74) is 1.26. The Morgan fingerprint density at radius 1 is 1.18 bits per heavy atom. The van der Waals surface area contributed by atoms with Crippen LogP contribution in [0.3, 0.4) is 0 Å². The largest absolute Gasteiger partial charge is 0.144 e. The van der Waals surface area contributed by atoms with E-state index in [-0.39, 0.29) is 4.83 Å². The first-order chi connectivity index (χ1) is 8.11. The van der Waals surface area contributed by atoms with E-state index in [9.17, 15) is 0 Å². The summed E-state index contributed by atoms with van der Waals surface area (Å²) in [5, 5.41) is 0. The van der Waals surface area contributed by atoms with Crippen LogP contribution in [0.15, 0.2) is 39.3 Å². The summed E-state index contributed by atoms with van der Waals surface area (Å²) in [6.07, 6.45) is 1.10. The highest BCUT2D eigenvalue weighted by Crippen LogP contribution is 2.39. The normalized spacial score (nSPS) is 12.7. The van der Waals surface area contributed by atoms with E-state index in [0.717, 1.165) is 15.4 Å². The van der Waals surface area contributed by atoms with E-state index in [1.54, 1.807) is 0 Å². The van der Waals surface area contributed by atoms with Gasteiger partial charge in [-0.15, -0.1) is 11.3 Å². The number of hydrogen-bond acceptors (Lipinski definition) is 1. The Hall–Kier alpha value is 0.360. The summed E-state index contributed by atoms with van der Waals surface area (Å²) in [5.74, 6) is 0. The van der Waals surface area contributed by atoms with Crippen molar-refractivity contribution in [2.24, 2.45) is 0 Å². The number of rotatable bonds is 3. The molecule has 0 saturated heterocycles. The summed E-state index contributed by atoms with van der Waals surface area (Å²) in [4.78, 5) is 3.04. The van der Waals surface area contributed by atoms with Gasteiger partial charge in [-0.2, -0.15) is 0 Å². The molecule has 0 aliphatic carbocycles. The number of halogens is 3. The summed E-state index contributed by atoms with van der Waals surface area (Å²) in [6.45, 7) is 2.19. The highest BCUT2D eigenvalue weighted by atomic mass is 79.9. The van der Waals surface area contributed by atoms with Gasteiger partial charge in [0.15, 0.2) is 0 Å². The molecule has 2 aromatic rings. The molecule has 0 N–H and O–H groups in total. The van der Waals surface area contributed by atoms with Crippen LogP contribution in [0.2, 0.25) is 0 Å². The third-order valence-corrected chi connectivity index (χ3v) is 6.28. The lowest BCUT2D eigenvalue weighted by Gasteiger charge is -2.10. The molecule has 0 nitrogen and oxygen atoms in total. The average Bonchev–Trinajstić information content (AvgIpc) is 2.76. The molecule has 4 heteroatoms. The van der Waals surface area contributed by atoms with Gasteiger partial charge in [0.25, 0.3) is 0 Å². The van der Waals surface area contributed by atoms with Crippen molar-refractivity contribution in [1.82, 2.24) is 0 Å². The molecule has 0 aliphatic rings. The summed E-state index contributed by atoms with van der Waals surface area (Å²) in [7, 11) is 0. The lowest BCUT2D eigenvalue weighted by atomic mass is 10.1. The topological polar surface area (TPSA) is 0 Å². The monoisotopic (exact) mass is 436 g/mol. The Morgan fingerprint density at radius 2 is 1.94 bits per heavy atom. The first-order valence-corrected chi connectivity index (χ1v) is 8.61. The third kappa shape index (κ3) is 3.22. The van der Waals surface area contributed by atoms with Gasteiger partial charge in [0.1, 0.15) is 0 Å². The Morgan fingerprint density at radius 3 is 2.53 bits per heavy atom. The molecule has 17 heavy (non-hydrogen) atoms. The molecule has 1 heterocycles. The van der Waals surface area contributed by atoms with E-state index >= 15 is 0 Å². The zero-order valence-electron chi connectivity index (χ0n) is 9.21. The predicted molar refractivity (Wildman–Crippen MR) is 86.3 cm³/mol. The summed E-state index contributed by atoms with van der Waals surface area (Å²) in [6, 6.07) is 10.7. The fourth-order valence-corrected chi connectivity index (χ4v) is 4.95. The van der Waals surface area contributed by atoms with Gasteiger partial charge in [0.2, 0.25) is 0 Å². The number of benzene rings is 1. The van der Waals surface area contributed by atoms with Crippen molar-refractivity contribution < 1.29 is 0 Å². The second-order valence-corrected chi connectivity index (χ2v) is 7.57. The van der Waals surface area contributed by atoms with Crippen molar-refractivity contribution in [2.75, 3.05) is 0 Å². The van der Waals surface area contributed by atoms with Gasteiger partial charge in [-0.3, -0.25) is 0 Å². The molecule has 1 aromatic carbocycles. The molecule has 0 radical (unpaired) electrons. The van der Waals surface area contributed by atoms with Crippen LogP contribution in [0.5, 0.6) is 0 Å². The molecular weight excluding hydrogens is 428 g/mol. The molecule has 90 valence electrons. The Bertz CT molecular complexity index is 519. The molecule has 2 rings (SSSR count). The molecule has 0 spiro atoms. The predicted octanol–water partition coefficient (Wildman–Crippen LogP) is 6.32. The zero-order valence-corrected chi connectivity index (χ0v) is 14.8. The fraction of sp³-hybridized carbons (Fsp3) is 0.231. The molecule has 0 aliphatic heterocycles. The second-order valence-electron chi connectivity index (χ2n) is 3.69. The van der Waals surface area contributed by atoms with Crippen LogP contribution in [0, 0.1) is 0 Å². The van der Waals surface area contributed by atoms with E-state index in [2.05, 4.69) is 85.0 Å².